The molecular weight excluding hydrogens is 302 g/mol. The van der Waals surface area contributed by atoms with Crippen molar-refractivity contribution in [1.82, 2.24) is 5.32 Å². The molecular formula is C20H21NO3. The van der Waals surface area contributed by atoms with Gasteiger partial charge in [-0.2, -0.15) is 0 Å². The van der Waals surface area contributed by atoms with Crippen LogP contribution in [0.1, 0.15) is 34.8 Å². The Morgan fingerprint density at radius 1 is 1.17 bits per heavy atom. The summed E-state index contributed by atoms with van der Waals surface area (Å²) in [5.74, 6) is -0.646. The van der Waals surface area contributed by atoms with Crippen molar-refractivity contribution in [3.05, 3.63) is 71.3 Å². The van der Waals surface area contributed by atoms with Crippen molar-refractivity contribution < 1.29 is 14.3 Å². The van der Waals surface area contributed by atoms with E-state index in [9.17, 15) is 9.59 Å². The molecule has 124 valence electrons. The standard InChI is InChI=1S/C20H21NO3/c1-14(11-12-15-7-3-2-4-8-15)21-19(22)18-13-16-9-5-6-10-17(16)20(23)24-18/h2-10,14,18H,11-13H2,1H3,(H,21,22). The number of carbonyl (C=O) groups is 2. The first-order valence-electron chi connectivity index (χ1n) is 8.26. The van der Waals surface area contributed by atoms with Gasteiger partial charge in [-0.05, 0) is 37.0 Å². The zero-order valence-corrected chi connectivity index (χ0v) is 13.7. The maximum atomic E-state index is 12.4. The highest BCUT2D eigenvalue weighted by Crippen LogP contribution is 2.20. The average Bonchev–Trinajstić information content (AvgIpc) is 2.61. The Kier molecular flexibility index (Phi) is 4.94. The summed E-state index contributed by atoms with van der Waals surface area (Å²) in [7, 11) is 0. The Morgan fingerprint density at radius 2 is 1.88 bits per heavy atom. The number of cyclic esters (lactones) is 1. The third kappa shape index (κ3) is 3.82. The van der Waals surface area contributed by atoms with Crippen molar-refractivity contribution in [2.75, 3.05) is 0 Å². The van der Waals surface area contributed by atoms with E-state index in [0.717, 1.165) is 18.4 Å². The highest BCUT2D eigenvalue weighted by molar-refractivity contribution is 5.95. The Labute approximate surface area is 141 Å². The molecule has 3 rings (SSSR count). The number of nitrogens with one attached hydrogen (secondary N) is 1. The fourth-order valence-corrected chi connectivity index (χ4v) is 2.91. The van der Waals surface area contributed by atoms with Gasteiger partial charge in [0, 0.05) is 12.5 Å². The molecule has 2 aromatic rings. The third-order valence-corrected chi connectivity index (χ3v) is 4.28. The Morgan fingerprint density at radius 3 is 2.67 bits per heavy atom. The highest BCUT2D eigenvalue weighted by atomic mass is 16.5. The van der Waals surface area contributed by atoms with Crippen LogP contribution in [0.2, 0.25) is 0 Å². The van der Waals surface area contributed by atoms with Gasteiger partial charge < -0.3 is 10.1 Å². The molecule has 0 spiro atoms. The molecule has 2 aromatic carbocycles. The zero-order chi connectivity index (χ0) is 16.9. The van der Waals surface area contributed by atoms with Crippen LogP contribution in [0.3, 0.4) is 0 Å². The molecule has 0 aliphatic carbocycles. The van der Waals surface area contributed by atoms with Gasteiger partial charge in [-0.15, -0.1) is 0 Å². The van der Waals surface area contributed by atoms with Crippen LogP contribution in [0.15, 0.2) is 54.6 Å². The summed E-state index contributed by atoms with van der Waals surface area (Å²) in [5.41, 5.74) is 2.67. The number of hydrogen-bond acceptors (Lipinski definition) is 3. The first-order chi connectivity index (χ1) is 11.6. The molecule has 1 heterocycles. The highest BCUT2D eigenvalue weighted by Gasteiger charge is 2.31. The maximum Gasteiger partial charge on any atom is 0.339 e. The van der Waals surface area contributed by atoms with Gasteiger partial charge in [0.2, 0.25) is 0 Å². The van der Waals surface area contributed by atoms with Crippen molar-refractivity contribution in [3.8, 4) is 0 Å². The summed E-state index contributed by atoms with van der Waals surface area (Å²) in [6.45, 7) is 1.97. The summed E-state index contributed by atoms with van der Waals surface area (Å²) in [6.07, 6.45) is 1.42. The van der Waals surface area contributed by atoms with Gasteiger partial charge >= 0.3 is 5.97 Å². The summed E-state index contributed by atoms with van der Waals surface area (Å²) >= 11 is 0. The maximum absolute atomic E-state index is 12.4. The minimum Gasteiger partial charge on any atom is -0.448 e. The van der Waals surface area contributed by atoms with E-state index >= 15 is 0 Å². The van der Waals surface area contributed by atoms with E-state index in [1.54, 1.807) is 12.1 Å². The molecule has 0 radical (unpaired) electrons. The van der Waals surface area contributed by atoms with Crippen molar-refractivity contribution in [1.29, 1.82) is 0 Å². The second-order valence-corrected chi connectivity index (χ2v) is 6.19. The molecule has 1 aliphatic rings. The number of rotatable bonds is 5. The molecule has 2 unspecified atom stereocenters. The van der Waals surface area contributed by atoms with E-state index in [0.29, 0.717) is 12.0 Å². The van der Waals surface area contributed by atoms with Crippen molar-refractivity contribution in [2.45, 2.75) is 38.3 Å². The Hall–Kier alpha value is -2.62. The van der Waals surface area contributed by atoms with Crippen LogP contribution in [0, 0.1) is 0 Å². The summed E-state index contributed by atoms with van der Waals surface area (Å²) in [4.78, 5) is 24.4. The third-order valence-electron chi connectivity index (χ3n) is 4.28. The number of ether oxygens (including phenoxy) is 1. The first-order valence-corrected chi connectivity index (χ1v) is 8.26. The molecule has 2 atom stereocenters. The first kappa shape index (κ1) is 16.2. The van der Waals surface area contributed by atoms with E-state index < -0.39 is 12.1 Å². The van der Waals surface area contributed by atoms with Crippen LogP contribution in [-0.2, 0) is 22.4 Å². The van der Waals surface area contributed by atoms with Gasteiger partial charge in [0.1, 0.15) is 0 Å². The largest absolute Gasteiger partial charge is 0.448 e. The topological polar surface area (TPSA) is 55.4 Å². The number of hydrogen-bond donors (Lipinski definition) is 1. The zero-order valence-electron chi connectivity index (χ0n) is 13.7. The van der Waals surface area contributed by atoms with Gasteiger partial charge in [-0.1, -0.05) is 48.5 Å². The van der Waals surface area contributed by atoms with Crippen molar-refractivity contribution >= 4 is 11.9 Å². The molecule has 1 aliphatic heterocycles. The van der Waals surface area contributed by atoms with Gasteiger partial charge in [0.25, 0.3) is 5.91 Å². The fraction of sp³-hybridized carbons (Fsp3) is 0.300. The van der Waals surface area contributed by atoms with E-state index in [1.165, 1.54) is 5.56 Å². The number of benzene rings is 2. The predicted molar refractivity (Wildman–Crippen MR) is 91.7 cm³/mol. The molecule has 0 bridgehead atoms. The van der Waals surface area contributed by atoms with Crippen molar-refractivity contribution in [2.24, 2.45) is 0 Å². The lowest BCUT2D eigenvalue weighted by molar-refractivity contribution is -0.131. The van der Waals surface area contributed by atoms with E-state index in [1.807, 2.05) is 37.3 Å². The molecule has 4 heteroatoms. The SMILES string of the molecule is CC(CCc1ccccc1)NC(=O)C1Cc2ccccc2C(=O)O1. The smallest absolute Gasteiger partial charge is 0.339 e. The van der Waals surface area contributed by atoms with Gasteiger partial charge in [-0.25, -0.2) is 4.79 Å². The van der Waals surface area contributed by atoms with Crippen LogP contribution in [0.25, 0.3) is 0 Å². The Bertz CT molecular complexity index is 727. The monoisotopic (exact) mass is 323 g/mol. The molecule has 0 saturated carbocycles. The van der Waals surface area contributed by atoms with Gasteiger partial charge in [0.15, 0.2) is 6.10 Å². The summed E-state index contributed by atoms with van der Waals surface area (Å²) in [5, 5.41) is 2.96. The molecule has 0 aromatic heterocycles. The lowest BCUT2D eigenvalue weighted by Crippen LogP contribution is -2.45. The summed E-state index contributed by atoms with van der Waals surface area (Å²) < 4.78 is 5.29. The minimum absolute atomic E-state index is 0.0218. The van der Waals surface area contributed by atoms with E-state index in [-0.39, 0.29) is 11.9 Å². The van der Waals surface area contributed by atoms with Crippen LogP contribution in [0.4, 0.5) is 0 Å². The van der Waals surface area contributed by atoms with E-state index in [2.05, 4.69) is 17.4 Å². The quantitative estimate of drug-likeness (QED) is 0.861. The van der Waals surface area contributed by atoms with Gasteiger partial charge in [0.05, 0.1) is 5.56 Å². The number of aryl methyl sites for hydroxylation is 1. The average molecular weight is 323 g/mol. The second-order valence-electron chi connectivity index (χ2n) is 6.19. The lowest BCUT2D eigenvalue weighted by Gasteiger charge is -2.25. The number of amides is 1. The van der Waals surface area contributed by atoms with Crippen LogP contribution in [-0.4, -0.2) is 24.0 Å². The van der Waals surface area contributed by atoms with Gasteiger partial charge in [-0.3, -0.25) is 4.79 Å². The number of carbonyl (C=O) groups excluding carboxylic acids is 2. The second kappa shape index (κ2) is 7.30. The van der Waals surface area contributed by atoms with Crippen molar-refractivity contribution in [3.63, 3.8) is 0 Å². The molecule has 24 heavy (non-hydrogen) atoms. The summed E-state index contributed by atoms with van der Waals surface area (Å²) in [6, 6.07) is 17.5. The minimum atomic E-state index is -0.744. The predicted octanol–water partition coefficient (Wildman–Crippen LogP) is 2.91. The molecule has 1 amide bonds. The molecule has 4 nitrogen and oxygen atoms in total. The molecule has 0 fully saturated rings. The van der Waals surface area contributed by atoms with Crippen LogP contribution < -0.4 is 5.32 Å². The molecule has 1 N–H and O–H groups in total. The number of fused-ring (bicyclic) bond motifs is 1. The number of esters is 1. The lowest BCUT2D eigenvalue weighted by atomic mass is 9.98. The Balaban J connectivity index is 1.54. The normalized spacial score (nSPS) is 17.5. The molecule has 0 saturated heterocycles. The van der Waals surface area contributed by atoms with E-state index in [4.69, 9.17) is 4.74 Å². The van der Waals surface area contributed by atoms with Crippen LogP contribution in [0.5, 0.6) is 0 Å². The van der Waals surface area contributed by atoms with Crippen LogP contribution >= 0.6 is 0 Å². The fourth-order valence-electron chi connectivity index (χ4n) is 2.91.